The Morgan fingerprint density at radius 1 is 1.21 bits per heavy atom. The van der Waals surface area contributed by atoms with E-state index in [0.717, 1.165) is 18.4 Å². The topological polar surface area (TPSA) is 26.3 Å². The number of hydrogen-bond acceptors (Lipinski definition) is 2. The van der Waals surface area contributed by atoms with Gasteiger partial charge in [-0.15, -0.1) is 0 Å². The summed E-state index contributed by atoms with van der Waals surface area (Å²) in [6.07, 6.45) is 1.49. The van der Waals surface area contributed by atoms with Crippen LogP contribution in [-0.2, 0) is 9.53 Å². The molecule has 0 bridgehead atoms. The highest BCUT2D eigenvalue weighted by Crippen LogP contribution is 2.33. The van der Waals surface area contributed by atoms with Crippen molar-refractivity contribution in [1.82, 2.24) is 0 Å². The van der Waals surface area contributed by atoms with E-state index in [4.69, 9.17) is 4.74 Å². The zero-order valence-corrected chi connectivity index (χ0v) is 12.8. The van der Waals surface area contributed by atoms with Crippen molar-refractivity contribution in [2.45, 2.75) is 53.6 Å². The van der Waals surface area contributed by atoms with Crippen LogP contribution in [0.4, 0.5) is 0 Å². The van der Waals surface area contributed by atoms with Gasteiger partial charge in [-0.25, -0.2) is 0 Å². The van der Waals surface area contributed by atoms with Gasteiger partial charge in [-0.05, 0) is 38.2 Å². The zero-order chi connectivity index (χ0) is 14.5. The lowest BCUT2D eigenvalue weighted by Gasteiger charge is -2.29. The van der Waals surface area contributed by atoms with E-state index in [-0.39, 0.29) is 17.5 Å². The molecule has 0 heterocycles. The van der Waals surface area contributed by atoms with E-state index in [1.165, 1.54) is 0 Å². The van der Waals surface area contributed by atoms with Gasteiger partial charge in [0.2, 0.25) is 0 Å². The predicted molar refractivity (Wildman–Crippen MR) is 78.8 cm³/mol. The minimum Gasteiger partial charge on any atom is -0.457 e. The van der Waals surface area contributed by atoms with Crippen molar-refractivity contribution in [3.05, 3.63) is 35.9 Å². The third-order valence-electron chi connectivity index (χ3n) is 3.68. The first-order chi connectivity index (χ1) is 8.89. The molecule has 0 spiro atoms. The molecule has 0 saturated heterocycles. The molecule has 0 aromatic heterocycles. The van der Waals surface area contributed by atoms with Crippen LogP contribution in [0.3, 0.4) is 0 Å². The van der Waals surface area contributed by atoms with E-state index < -0.39 is 0 Å². The molecule has 0 N–H and O–H groups in total. The highest BCUT2D eigenvalue weighted by Gasteiger charge is 2.34. The van der Waals surface area contributed by atoms with Gasteiger partial charge >= 0.3 is 5.97 Å². The lowest BCUT2D eigenvalue weighted by atomic mass is 9.80. The fraction of sp³-hybridized carbons (Fsp3) is 0.588. The van der Waals surface area contributed by atoms with Crippen LogP contribution in [0.2, 0.25) is 0 Å². The number of carbonyl (C=O) groups excluding carboxylic acids is 1. The average Bonchev–Trinajstić information content (AvgIpc) is 2.38. The molecule has 0 aliphatic heterocycles. The van der Waals surface area contributed by atoms with Crippen molar-refractivity contribution in [3.63, 3.8) is 0 Å². The van der Waals surface area contributed by atoms with E-state index in [1.807, 2.05) is 44.2 Å². The summed E-state index contributed by atoms with van der Waals surface area (Å²) in [5, 5.41) is 0. The summed E-state index contributed by atoms with van der Waals surface area (Å²) in [6, 6.07) is 9.87. The normalized spacial score (nSPS) is 15.9. The predicted octanol–water partition coefficient (Wildman–Crippen LogP) is 4.75. The van der Waals surface area contributed by atoms with Crippen molar-refractivity contribution in [1.29, 1.82) is 0 Å². The molecular weight excluding hydrogens is 236 g/mol. The molecule has 2 heteroatoms. The second-order valence-electron chi connectivity index (χ2n) is 5.97. The Morgan fingerprint density at radius 3 is 2.26 bits per heavy atom. The summed E-state index contributed by atoms with van der Waals surface area (Å²) in [4.78, 5) is 12.4. The van der Waals surface area contributed by atoms with Gasteiger partial charge in [0.05, 0.1) is 5.41 Å². The van der Waals surface area contributed by atoms with Gasteiger partial charge in [-0.3, -0.25) is 4.79 Å². The standard InChI is InChI=1S/C17H26O2/c1-6-17(5,12-13(2)3)16(18)19-14(4)15-10-8-7-9-11-15/h7-11,13-14H,6,12H2,1-5H3. The SMILES string of the molecule is CCC(C)(CC(C)C)C(=O)OC(C)c1ccccc1. The molecule has 19 heavy (non-hydrogen) atoms. The molecule has 1 aromatic carbocycles. The summed E-state index contributed by atoms with van der Waals surface area (Å²) < 4.78 is 5.65. The number of ether oxygens (including phenoxy) is 1. The smallest absolute Gasteiger partial charge is 0.312 e. The van der Waals surface area contributed by atoms with Crippen molar-refractivity contribution in [3.8, 4) is 0 Å². The summed E-state index contributed by atoms with van der Waals surface area (Å²) >= 11 is 0. The number of esters is 1. The molecule has 0 saturated carbocycles. The zero-order valence-electron chi connectivity index (χ0n) is 12.8. The molecule has 106 valence electrons. The van der Waals surface area contributed by atoms with Gasteiger partial charge in [-0.2, -0.15) is 0 Å². The Bertz CT molecular complexity index is 397. The van der Waals surface area contributed by atoms with E-state index in [9.17, 15) is 4.79 Å². The van der Waals surface area contributed by atoms with Crippen molar-refractivity contribution >= 4 is 5.97 Å². The summed E-state index contributed by atoms with van der Waals surface area (Å²) in [5.41, 5.74) is 0.663. The lowest BCUT2D eigenvalue weighted by molar-refractivity contribution is -0.161. The minimum atomic E-state index is -0.378. The molecule has 0 radical (unpaired) electrons. The Balaban J connectivity index is 2.72. The molecule has 2 atom stereocenters. The second kappa shape index (κ2) is 6.74. The van der Waals surface area contributed by atoms with E-state index in [2.05, 4.69) is 20.8 Å². The van der Waals surface area contributed by atoms with Crippen LogP contribution in [0.25, 0.3) is 0 Å². The van der Waals surface area contributed by atoms with E-state index >= 15 is 0 Å². The third-order valence-corrected chi connectivity index (χ3v) is 3.68. The first kappa shape index (κ1) is 15.7. The molecule has 0 fully saturated rings. The van der Waals surface area contributed by atoms with Crippen LogP contribution in [0.1, 0.15) is 59.1 Å². The fourth-order valence-corrected chi connectivity index (χ4v) is 2.37. The van der Waals surface area contributed by atoms with E-state index in [0.29, 0.717) is 5.92 Å². The van der Waals surface area contributed by atoms with Crippen LogP contribution in [-0.4, -0.2) is 5.97 Å². The summed E-state index contributed by atoms with van der Waals surface area (Å²) in [6.45, 7) is 10.3. The van der Waals surface area contributed by atoms with Gasteiger partial charge < -0.3 is 4.74 Å². The maximum Gasteiger partial charge on any atom is 0.312 e. The van der Waals surface area contributed by atoms with Crippen LogP contribution in [0, 0.1) is 11.3 Å². The Kier molecular flexibility index (Phi) is 5.59. The molecule has 1 aromatic rings. The highest BCUT2D eigenvalue weighted by atomic mass is 16.5. The minimum absolute atomic E-state index is 0.0833. The van der Waals surface area contributed by atoms with Gasteiger partial charge in [0, 0.05) is 0 Å². The quantitative estimate of drug-likeness (QED) is 0.691. The van der Waals surface area contributed by atoms with Crippen LogP contribution < -0.4 is 0 Å². The second-order valence-corrected chi connectivity index (χ2v) is 5.97. The average molecular weight is 262 g/mol. The maximum atomic E-state index is 12.4. The molecule has 0 aliphatic carbocycles. The van der Waals surface area contributed by atoms with Crippen molar-refractivity contribution < 1.29 is 9.53 Å². The first-order valence-electron chi connectivity index (χ1n) is 7.15. The number of hydrogen-bond donors (Lipinski definition) is 0. The molecule has 2 nitrogen and oxygen atoms in total. The molecule has 0 amide bonds. The Morgan fingerprint density at radius 2 is 1.79 bits per heavy atom. The van der Waals surface area contributed by atoms with Crippen LogP contribution >= 0.6 is 0 Å². The summed E-state index contributed by atoms with van der Waals surface area (Å²) in [5.74, 6) is 0.407. The third kappa shape index (κ3) is 4.38. The van der Waals surface area contributed by atoms with Crippen LogP contribution in [0.15, 0.2) is 30.3 Å². The van der Waals surface area contributed by atoms with Gasteiger partial charge in [0.15, 0.2) is 0 Å². The molecular formula is C17H26O2. The largest absolute Gasteiger partial charge is 0.457 e. The van der Waals surface area contributed by atoms with Gasteiger partial charge in [0.25, 0.3) is 0 Å². The number of rotatable bonds is 6. The van der Waals surface area contributed by atoms with Crippen LogP contribution in [0.5, 0.6) is 0 Å². The van der Waals surface area contributed by atoms with Gasteiger partial charge in [-0.1, -0.05) is 51.1 Å². The first-order valence-corrected chi connectivity index (χ1v) is 7.15. The number of carbonyl (C=O) groups is 1. The van der Waals surface area contributed by atoms with Gasteiger partial charge in [0.1, 0.15) is 6.10 Å². The monoisotopic (exact) mass is 262 g/mol. The molecule has 0 aliphatic rings. The molecule has 1 rings (SSSR count). The summed E-state index contributed by atoms with van der Waals surface area (Å²) in [7, 11) is 0. The number of benzene rings is 1. The lowest BCUT2D eigenvalue weighted by Crippen LogP contribution is -2.31. The highest BCUT2D eigenvalue weighted by molar-refractivity contribution is 5.76. The molecule has 2 unspecified atom stereocenters. The fourth-order valence-electron chi connectivity index (χ4n) is 2.37. The van der Waals surface area contributed by atoms with Crippen molar-refractivity contribution in [2.75, 3.05) is 0 Å². The van der Waals surface area contributed by atoms with E-state index in [1.54, 1.807) is 0 Å². The Hall–Kier alpha value is -1.31. The maximum absolute atomic E-state index is 12.4. The van der Waals surface area contributed by atoms with Crippen molar-refractivity contribution in [2.24, 2.45) is 11.3 Å². The Labute approximate surface area is 117 Å².